The zero-order chi connectivity index (χ0) is 14.8. The molecule has 0 aromatic heterocycles. The Labute approximate surface area is 125 Å². The monoisotopic (exact) mass is 273 g/mol. The van der Waals surface area contributed by atoms with Gasteiger partial charge in [-0.15, -0.1) is 0 Å². The Morgan fingerprint density at radius 3 is 2.25 bits per heavy atom. The first-order chi connectivity index (χ1) is 9.49. The molecule has 0 radical (unpaired) electrons. The molecule has 1 aromatic carbocycles. The fourth-order valence-corrected chi connectivity index (χ4v) is 3.37. The van der Waals surface area contributed by atoms with Gasteiger partial charge < -0.3 is 5.32 Å². The average molecular weight is 273 g/mol. The molecule has 0 aliphatic heterocycles. The molecule has 112 valence electrons. The van der Waals surface area contributed by atoms with Crippen LogP contribution in [0.4, 0.5) is 0 Å². The third kappa shape index (κ3) is 3.25. The Hall–Kier alpha value is -0.820. The van der Waals surface area contributed by atoms with Gasteiger partial charge >= 0.3 is 0 Å². The summed E-state index contributed by atoms with van der Waals surface area (Å²) in [5.74, 6) is 2.22. The summed E-state index contributed by atoms with van der Waals surface area (Å²) < 4.78 is 0. The van der Waals surface area contributed by atoms with Crippen LogP contribution in [0, 0.1) is 11.8 Å². The lowest BCUT2D eigenvalue weighted by Gasteiger charge is -2.20. The third-order valence-corrected chi connectivity index (χ3v) is 4.87. The quantitative estimate of drug-likeness (QED) is 0.757. The minimum atomic E-state index is 0.416. The zero-order valence-corrected chi connectivity index (χ0v) is 13.9. The molecule has 0 saturated heterocycles. The second-order valence-electron chi connectivity index (χ2n) is 7.27. The predicted molar refractivity (Wildman–Crippen MR) is 88.3 cm³/mol. The van der Waals surface area contributed by atoms with Crippen LogP contribution in [-0.4, -0.2) is 13.1 Å². The number of nitrogens with one attached hydrogen (secondary N) is 1. The fourth-order valence-electron chi connectivity index (χ4n) is 3.37. The fraction of sp³-hybridized carbons (Fsp3) is 0.684. The molecule has 2 unspecified atom stereocenters. The summed E-state index contributed by atoms with van der Waals surface area (Å²) in [5.41, 5.74) is 3.41. The summed E-state index contributed by atoms with van der Waals surface area (Å²) in [6.45, 7) is 13.7. The highest BCUT2D eigenvalue weighted by Gasteiger charge is 2.53. The highest BCUT2D eigenvalue weighted by molar-refractivity contribution is 5.37. The Bertz CT molecular complexity index is 418. The molecule has 1 heteroatoms. The Morgan fingerprint density at radius 1 is 1.15 bits per heavy atom. The van der Waals surface area contributed by atoms with Gasteiger partial charge in [0.2, 0.25) is 0 Å². The van der Waals surface area contributed by atoms with E-state index in [-0.39, 0.29) is 0 Å². The van der Waals surface area contributed by atoms with E-state index in [0.717, 1.165) is 24.9 Å². The van der Waals surface area contributed by atoms with Crippen molar-refractivity contribution in [2.45, 2.75) is 58.8 Å². The normalized spacial score (nSPS) is 25.4. The molecule has 0 spiro atoms. The van der Waals surface area contributed by atoms with Crippen molar-refractivity contribution >= 4 is 0 Å². The lowest BCUT2D eigenvalue weighted by molar-refractivity contribution is 0.483. The topological polar surface area (TPSA) is 12.0 Å². The van der Waals surface area contributed by atoms with E-state index in [0.29, 0.717) is 11.3 Å². The first-order valence-electron chi connectivity index (χ1n) is 8.30. The van der Waals surface area contributed by atoms with Gasteiger partial charge in [0.1, 0.15) is 0 Å². The first kappa shape index (κ1) is 15.6. The van der Waals surface area contributed by atoms with Gasteiger partial charge in [0, 0.05) is 12.0 Å². The standard InChI is InChI=1S/C19H31N/c1-6-17-11-19(17,13-20-12-14(2)3)18-9-7-16(8-10-18)15(4)5/h7-10,14-15,17,20H,6,11-13H2,1-5H3. The molecule has 2 atom stereocenters. The molecule has 1 fully saturated rings. The van der Waals surface area contributed by atoms with E-state index in [9.17, 15) is 0 Å². The van der Waals surface area contributed by atoms with Crippen LogP contribution >= 0.6 is 0 Å². The molecular weight excluding hydrogens is 242 g/mol. The van der Waals surface area contributed by atoms with E-state index in [4.69, 9.17) is 0 Å². The van der Waals surface area contributed by atoms with Gasteiger partial charge in [-0.3, -0.25) is 0 Å². The maximum atomic E-state index is 3.69. The molecule has 1 aliphatic rings. The van der Waals surface area contributed by atoms with Crippen molar-refractivity contribution < 1.29 is 0 Å². The third-order valence-electron chi connectivity index (χ3n) is 4.87. The number of hydrogen-bond donors (Lipinski definition) is 1. The van der Waals surface area contributed by atoms with Crippen molar-refractivity contribution in [1.29, 1.82) is 0 Å². The van der Waals surface area contributed by atoms with Gasteiger partial charge in [0.15, 0.2) is 0 Å². The second-order valence-corrected chi connectivity index (χ2v) is 7.27. The molecule has 0 heterocycles. The molecule has 0 bridgehead atoms. The summed E-state index contributed by atoms with van der Waals surface area (Å²) >= 11 is 0. The largest absolute Gasteiger partial charge is 0.316 e. The molecule has 1 nitrogen and oxygen atoms in total. The SMILES string of the molecule is CCC1CC1(CNCC(C)C)c1ccc(C(C)C)cc1. The van der Waals surface area contributed by atoms with Gasteiger partial charge in [-0.25, -0.2) is 0 Å². The van der Waals surface area contributed by atoms with Crippen LogP contribution in [0.5, 0.6) is 0 Å². The van der Waals surface area contributed by atoms with Crippen molar-refractivity contribution in [2.24, 2.45) is 11.8 Å². The summed E-state index contributed by atoms with van der Waals surface area (Å²) in [6, 6.07) is 9.41. The Balaban J connectivity index is 2.08. The maximum absolute atomic E-state index is 3.69. The van der Waals surface area contributed by atoms with Gasteiger partial charge in [-0.2, -0.15) is 0 Å². The summed E-state index contributed by atoms with van der Waals surface area (Å²) in [7, 11) is 0. The lowest BCUT2D eigenvalue weighted by atomic mass is 9.90. The van der Waals surface area contributed by atoms with Crippen LogP contribution in [0.15, 0.2) is 24.3 Å². The second kappa shape index (κ2) is 6.30. The lowest BCUT2D eigenvalue weighted by Crippen LogP contribution is -2.31. The number of rotatable bonds is 7. The highest BCUT2D eigenvalue weighted by atomic mass is 14.9. The molecule has 2 rings (SSSR count). The van der Waals surface area contributed by atoms with Crippen molar-refractivity contribution in [3.05, 3.63) is 35.4 Å². The molecule has 0 amide bonds. The molecule has 1 aliphatic carbocycles. The predicted octanol–water partition coefficient (Wildman–Crippen LogP) is 4.72. The van der Waals surface area contributed by atoms with E-state index >= 15 is 0 Å². The Morgan fingerprint density at radius 2 is 1.80 bits per heavy atom. The minimum absolute atomic E-state index is 0.416. The van der Waals surface area contributed by atoms with Crippen molar-refractivity contribution in [3.63, 3.8) is 0 Å². The van der Waals surface area contributed by atoms with Gasteiger partial charge in [0.25, 0.3) is 0 Å². The molecule has 1 N–H and O–H groups in total. The van der Waals surface area contributed by atoms with Crippen LogP contribution in [-0.2, 0) is 5.41 Å². The highest BCUT2D eigenvalue weighted by Crippen LogP contribution is 2.55. The zero-order valence-electron chi connectivity index (χ0n) is 13.9. The Kier molecular flexibility index (Phi) is 4.90. The van der Waals surface area contributed by atoms with Crippen molar-refractivity contribution in [3.8, 4) is 0 Å². The van der Waals surface area contributed by atoms with E-state index < -0.39 is 0 Å². The van der Waals surface area contributed by atoms with E-state index in [1.165, 1.54) is 18.4 Å². The van der Waals surface area contributed by atoms with Gasteiger partial charge in [-0.05, 0) is 41.8 Å². The van der Waals surface area contributed by atoms with Crippen LogP contribution in [0.25, 0.3) is 0 Å². The maximum Gasteiger partial charge on any atom is 0.0109 e. The number of hydrogen-bond acceptors (Lipinski definition) is 1. The molecule has 1 saturated carbocycles. The summed E-state index contributed by atoms with van der Waals surface area (Å²) in [6.07, 6.45) is 2.66. The summed E-state index contributed by atoms with van der Waals surface area (Å²) in [5, 5.41) is 3.69. The molecular formula is C19H31N. The van der Waals surface area contributed by atoms with Crippen LogP contribution in [0.2, 0.25) is 0 Å². The van der Waals surface area contributed by atoms with Crippen molar-refractivity contribution in [1.82, 2.24) is 5.32 Å². The van der Waals surface area contributed by atoms with Crippen LogP contribution in [0.3, 0.4) is 0 Å². The average Bonchev–Trinajstić information content (AvgIpc) is 3.13. The first-order valence-corrected chi connectivity index (χ1v) is 8.30. The van der Waals surface area contributed by atoms with Crippen LogP contribution < -0.4 is 5.32 Å². The minimum Gasteiger partial charge on any atom is -0.316 e. The van der Waals surface area contributed by atoms with E-state index in [2.05, 4.69) is 64.2 Å². The summed E-state index contributed by atoms with van der Waals surface area (Å²) in [4.78, 5) is 0. The smallest absolute Gasteiger partial charge is 0.0109 e. The van der Waals surface area contributed by atoms with E-state index in [1.54, 1.807) is 5.56 Å². The van der Waals surface area contributed by atoms with Gasteiger partial charge in [-0.1, -0.05) is 65.3 Å². The van der Waals surface area contributed by atoms with Crippen molar-refractivity contribution in [2.75, 3.05) is 13.1 Å². The van der Waals surface area contributed by atoms with Gasteiger partial charge in [0.05, 0.1) is 0 Å². The van der Waals surface area contributed by atoms with Crippen LogP contribution in [0.1, 0.15) is 64.5 Å². The van der Waals surface area contributed by atoms with E-state index in [1.807, 2.05) is 0 Å². The molecule has 1 aromatic rings. The number of benzene rings is 1. The molecule has 20 heavy (non-hydrogen) atoms.